The molecule has 4 nitrogen and oxygen atoms in total. The van der Waals surface area contributed by atoms with Crippen molar-refractivity contribution in [3.63, 3.8) is 0 Å². The number of carbonyl (C=O) groups excluding carboxylic acids is 2. The molecule has 0 aliphatic rings. The second-order valence-electron chi connectivity index (χ2n) is 16.8. The lowest BCUT2D eigenvalue weighted by Crippen LogP contribution is -2.23. The molecule has 0 heterocycles. The van der Waals surface area contributed by atoms with Crippen molar-refractivity contribution in [2.24, 2.45) is 5.92 Å². The molecule has 0 aromatic rings. The van der Waals surface area contributed by atoms with E-state index in [0.717, 1.165) is 51.4 Å². The number of carbonyl (C=O) groups is 2. The minimum atomic E-state index is -0.361. The third-order valence-corrected chi connectivity index (χ3v) is 11.3. The van der Waals surface area contributed by atoms with Crippen molar-refractivity contribution in [1.82, 2.24) is 0 Å². The zero-order chi connectivity index (χ0) is 39.3. The summed E-state index contributed by atoms with van der Waals surface area (Å²) in [4.78, 5) is 25.9. The smallest absolute Gasteiger partial charge is 0.309 e. The van der Waals surface area contributed by atoms with E-state index in [4.69, 9.17) is 9.47 Å². The number of hydrogen-bond donors (Lipinski definition) is 0. The summed E-state index contributed by atoms with van der Waals surface area (Å²) in [6, 6.07) is 0. The molecule has 0 aromatic carbocycles. The van der Waals surface area contributed by atoms with Gasteiger partial charge in [0.2, 0.25) is 0 Å². The molecule has 0 fully saturated rings. The number of ether oxygens (including phenoxy) is 2. The van der Waals surface area contributed by atoms with E-state index in [1.165, 1.54) is 199 Å². The molecule has 0 radical (unpaired) electrons. The Morgan fingerprint density at radius 2 is 0.722 bits per heavy atom. The van der Waals surface area contributed by atoms with Crippen molar-refractivity contribution < 1.29 is 19.1 Å². The maximum atomic E-state index is 13.1. The maximum absolute atomic E-state index is 13.1. The third kappa shape index (κ3) is 41.8. The van der Waals surface area contributed by atoms with E-state index in [0.29, 0.717) is 13.2 Å². The highest BCUT2D eigenvalue weighted by Gasteiger charge is 2.24. The summed E-state index contributed by atoms with van der Waals surface area (Å²) in [5.74, 6) is -0.767. The molecule has 0 amide bonds. The zero-order valence-corrected chi connectivity index (χ0v) is 37.1. The van der Waals surface area contributed by atoms with Gasteiger partial charge in [-0.25, -0.2) is 0 Å². The van der Waals surface area contributed by atoms with Crippen LogP contribution in [0.15, 0.2) is 12.2 Å². The van der Waals surface area contributed by atoms with Gasteiger partial charge in [0, 0.05) is 0 Å². The largest absolute Gasteiger partial charge is 0.466 e. The molecule has 0 saturated heterocycles. The van der Waals surface area contributed by atoms with Crippen LogP contribution in [-0.2, 0) is 19.1 Å². The van der Waals surface area contributed by atoms with Gasteiger partial charge < -0.3 is 9.47 Å². The van der Waals surface area contributed by atoms with Gasteiger partial charge in [0.25, 0.3) is 0 Å². The molecule has 0 N–H and O–H groups in total. The summed E-state index contributed by atoms with van der Waals surface area (Å²) in [5.41, 5.74) is 0. The highest BCUT2D eigenvalue weighted by molar-refractivity contribution is 5.79. The lowest BCUT2D eigenvalue weighted by molar-refractivity contribution is -0.155. The summed E-state index contributed by atoms with van der Waals surface area (Å²) in [6.45, 7) is 7.71. The lowest BCUT2D eigenvalue weighted by atomic mass is 9.97. The van der Waals surface area contributed by atoms with E-state index >= 15 is 0 Å². The number of allylic oxidation sites excluding steroid dienone is 2. The molecule has 0 aliphatic carbocycles. The fourth-order valence-corrected chi connectivity index (χ4v) is 7.63. The van der Waals surface area contributed by atoms with Gasteiger partial charge >= 0.3 is 11.9 Å². The number of unbranched alkanes of at least 4 members (excludes halogenated alkanes) is 34. The Hall–Kier alpha value is -1.32. The van der Waals surface area contributed by atoms with Crippen LogP contribution in [-0.4, -0.2) is 25.2 Å². The monoisotopic (exact) mass is 761 g/mol. The molecule has 4 heteroatoms. The highest BCUT2D eigenvalue weighted by atomic mass is 16.5. The van der Waals surface area contributed by atoms with E-state index in [9.17, 15) is 9.59 Å². The predicted octanol–water partition coefficient (Wildman–Crippen LogP) is 16.9. The summed E-state index contributed by atoms with van der Waals surface area (Å²) in [7, 11) is 0. The van der Waals surface area contributed by atoms with Gasteiger partial charge in [-0.2, -0.15) is 0 Å². The van der Waals surface area contributed by atoms with Gasteiger partial charge in [-0.1, -0.05) is 245 Å². The second kappa shape index (κ2) is 46.1. The molecular weight excluding hydrogens is 665 g/mol. The molecule has 0 spiro atoms. The summed E-state index contributed by atoms with van der Waals surface area (Å²) < 4.78 is 11.4. The van der Waals surface area contributed by atoms with E-state index in [2.05, 4.69) is 32.9 Å². The van der Waals surface area contributed by atoms with Crippen LogP contribution in [0, 0.1) is 5.92 Å². The fraction of sp³-hybridized carbons (Fsp3) is 0.920. The van der Waals surface area contributed by atoms with Crippen LogP contribution in [0.2, 0.25) is 0 Å². The molecule has 1 unspecified atom stereocenters. The highest BCUT2D eigenvalue weighted by Crippen LogP contribution is 2.20. The topological polar surface area (TPSA) is 52.6 Å². The fourth-order valence-electron chi connectivity index (χ4n) is 7.63. The Labute approximate surface area is 338 Å². The third-order valence-electron chi connectivity index (χ3n) is 11.3. The first kappa shape index (κ1) is 52.7. The molecule has 0 rings (SSSR count). The lowest BCUT2D eigenvalue weighted by Gasteiger charge is -2.16. The first-order valence-electron chi connectivity index (χ1n) is 24.6. The predicted molar refractivity (Wildman–Crippen MR) is 236 cm³/mol. The normalized spacial score (nSPS) is 12.1. The number of esters is 2. The van der Waals surface area contributed by atoms with Crippen LogP contribution in [0.25, 0.3) is 0 Å². The van der Waals surface area contributed by atoms with Crippen LogP contribution in [0.1, 0.15) is 278 Å². The van der Waals surface area contributed by atoms with Crippen LogP contribution >= 0.6 is 0 Å². The van der Waals surface area contributed by atoms with Gasteiger partial charge in [-0.05, 0) is 38.5 Å². The van der Waals surface area contributed by atoms with Gasteiger partial charge in [-0.3, -0.25) is 9.59 Å². The molecule has 0 aliphatic heterocycles. The second-order valence-corrected chi connectivity index (χ2v) is 16.8. The van der Waals surface area contributed by atoms with Crippen LogP contribution < -0.4 is 0 Å². The quantitative estimate of drug-likeness (QED) is 0.0352. The number of hydrogen-bond acceptors (Lipinski definition) is 4. The molecule has 0 aromatic heterocycles. The SMILES string of the molecule is CC/C=C/CCCCCCCCCCCCCCCCC(CC(=O)OCCCCCCCCCCCCC)C(=O)OCCCCCCCCCCCCC. The molecular formula is C50H96O4. The van der Waals surface area contributed by atoms with Gasteiger partial charge in [0.15, 0.2) is 0 Å². The van der Waals surface area contributed by atoms with Crippen molar-refractivity contribution >= 4 is 11.9 Å². The first-order chi connectivity index (χ1) is 26.7. The van der Waals surface area contributed by atoms with Crippen LogP contribution in [0.5, 0.6) is 0 Å². The van der Waals surface area contributed by atoms with E-state index in [1.807, 2.05) is 0 Å². The summed E-state index contributed by atoms with van der Waals surface area (Å²) in [5, 5.41) is 0. The van der Waals surface area contributed by atoms with Crippen molar-refractivity contribution in [2.75, 3.05) is 13.2 Å². The first-order valence-corrected chi connectivity index (χ1v) is 24.6. The average Bonchev–Trinajstić information content (AvgIpc) is 3.17. The minimum Gasteiger partial charge on any atom is -0.466 e. The van der Waals surface area contributed by atoms with E-state index < -0.39 is 0 Å². The standard InChI is InChI=1S/C50H96O4/c1-4-7-10-13-16-19-22-23-24-25-26-27-28-29-32-35-38-41-44-48(50(52)54-46-43-40-37-34-31-21-18-15-12-9-6-3)47-49(51)53-45-42-39-36-33-30-20-17-14-11-8-5-2/h7,10,48H,4-6,8-9,11-47H2,1-3H3/b10-7+. The van der Waals surface area contributed by atoms with Gasteiger partial charge in [0.1, 0.15) is 0 Å². The van der Waals surface area contributed by atoms with Crippen molar-refractivity contribution in [1.29, 1.82) is 0 Å². The van der Waals surface area contributed by atoms with Gasteiger partial charge in [0.05, 0.1) is 25.6 Å². The molecule has 54 heavy (non-hydrogen) atoms. The van der Waals surface area contributed by atoms with Gasteiger partial charge in [-0.15, -0.1) is 0 Å². The maximum Gasteiger partial charge on any atom is 0.309 e. The number of rotatable bonds is 45. The molecule has 0 bridgehead atoms. The Kier molecular flexibility index (Phi) is 44.9. The van der Waals surface area contributed by atoms with E-state index in [-0.39, 0.29) is 24.3 Å². The Morgan fingerprint density at radius 1 is 0.389 bits per heavy atom. The summed E-state index contributed by atoms with van der Waals surface area (Å²) >= 11 is 0. The average molecular weight is 761 g/mol. The zero-order valence-electron chi connectivity index (χ0n) is 37.1. The Morgan fingerprint density at radius 3 is 1.11 bits per heavy atom. The Balaban J connectivity index is 4.18. The molecule has 1 atom stereocenters. The molecule has 320 valence electrons. The van der Waals surface area contributed by atoms with Crippen molar-refractivity contribution in [3.05, 3.63) is 12.2 Å². The minimum absolute atomic E-state index is 0.172. The van der Waals surface area contributed by atoms with Crippen LogP contribution in [0.4, 0.5) is 0 Å². The Bertz CT molecular complexity index is 777. The van der Waals surface area contributed by atoms with E-state index in [1.54, 1.807) is 0 Å². The summed E-state index contributed by atoms with van der Waals surface area (Å²) in [6.07, 6.45) is 54.5. The molecule has 0 saturated carbocycles. The van der Waals surface area contributed by atoms with Crippen molar-refractivity contribution in [2.45, 2.75) is 278 Å². The van der Waals surface area contributed by atoms with Crippen molar-refractivity contribution in [3.8, 4) is 0 Å². The van der Waals surface area contributed by atoms with Crippen LogP contribution in [0.3, 0.4) is 0 Å².